The maximum Gasteiger partial charge on any atom is 0.408 e. The van der Waals surface area contributed by atoms with Gasteiger partial charge in [0.05, 0.1) is 24.6 Å². The van der Waals surface area contributed by atoms with E-state index in [1.165, 1.54) is 4.90 Å². The number of para-hydroxylation sites is 2. The molecule has 1 saturated heterocycles. The summed E-state index contributed by atoms with van der Waals surface area (Å²) in [5.41, 5.74) is 1.28. The molecule has 0 unspecified atom stereocenters. The van der Waals surface area contributed by atoms with E-state index in [1.54, 1.807) is 13.2 Å². The summed E-state index contributed by atoms with van der Waals surface area (Å²) >= 11 is 0. The molecule has 2 aromatic carbocycles. The number of sulfonamides is 1. The van der Waals surface area contributed by atoms with Gasteiger partial charge in [0.2, 0.25) is 21.8 Å². The number of fused-ring (bicyclic) bond motifs is 5. The van der Waals surface area contributed by atoms with Gasteiger partial charge in [0.1, 0.15) is 46.7 Å². The molecule has 0 spiro atoms. The minimum atomic E-state index is -3.92. The fraction of sp³-hybridized carbons (Fsp3) is 0.489. The number of carbonyl (C=O) groups is 4. The number of nitrogens with one attached hydrogen (secondary N) is 3. The lowest BCUT2D eigenvalue weighted by Gasteiger charge is -2.30. The molecule has 0 bridgehead atoms. The first kappa shape index (κ1) is 40.7. The van der Waals surface area contributed by atoms with E-state index in [1.807, 2.05) is 60.7 Å². The fourth-order valence-electron chi connectivity index (χ4n) is 9.09. The Labute approximate surface area is 354 Å². The Morgan fingerprint density at radius 3 is 2.51 bits per heavy atom. The first-order valence-electron chi connectivity index (χ1n) is 21.5. The van der Waals surface area contributed by atoms with Gasteiger partial charge in [-0.2, -0.15) is 0 Å². The molecule has 2 aromatic heterocycles. The van der Waals surface area contributed by atoms with Crippen LogP contribution in [-0.4, -0.2) is 90.9 Å². The van der Waals surface area contributed by atoms with Crippen molar-refractivity contribution in [3.05, 3.63) is 66.7 Å². The number of pyridine rings is 1. The molecule has 4 fully saturated rings. The van der Waals surface area contributed by atoms with Crippen LogP contribution < -0.4 is 24.8 Å². The van der Waals surface area contributed by atoms with E-state index in [2.05, 4.69) is 15.4 Å². The maximum atomic E-state index is 14.8. The SMILES string of the molecule is COc1ccccc1-c1cc(O[C@@H]2C[C@H]3C(=O)N[C@]4(C(=O)NS(=O)(=O)C5CC5)C[C@H]4/C=C\CCCCC[C@H](NC(=O)OC4CCCC4)C(=O)N3C2)c2oc3ccccc3c2n1. The van der Waals surface area contributed by atoms with Gasteiger partial charge in [-0.05, 0) is 88.5 Å². The number of carbonyl (C=O) groups excluding carboxylic acids is 4. The van der Waals surface area contributed by atoms with Gasteiger partial charge in [-0.25, -0.2) is 18.2 Å². The molecular formula is C45H51N5O10S. The number of hydrogen-bond donors (Lipinski definition) is 3. The van der Waals surface area contributed by atoms with Crippen molar-refractivity contribution in [2.45, 2.75) is 119 Å². The van der Waals surface area contributed by atoms with Gasteiger partial charge in [-0.3, -0.25) is 19.1 Å². The van der Waals surface area contributed by atoms with E-state index in [9.17, 15) is 27.6 Å². The monoisotopic (exact) mass is 853 g/mol. The molecule has 4 heterocycles. The molecule has 3 saturated carbocycles. The topological polar surface area (TPSA) is 195 Å². The third kappa shape index (κ3) is 8.38. The highest BCUT2D eigenvalue weighted by Gasteiger charge is 2.62. The second-order valence-electron chi connectivity index (χ2n) is 17.0. The Morgan fingerprint density at radius 1 is 0.934 bits per heavy atom. The lowest BCUT2D eigenvalue weighted by atomic mass is 10.0. The highest BCUT2D eigenvalue weighted by molar-refractivity contribution is 7.91. The van der Waals surface area contributed by atoms with Gasteiger partial charge < -0.3 is 34.2 Å². The first-order valence-corrected chi connectivity index (χ1v) is 23.0. The van der Waals surface area contributed by atoms with Crippen molar-refractivity contribution >= 4 is 55.9 Å². The van der Waals surface area contributed by atoms with Crippen LogP contribution >= 0.6 is 0 Å². The zero-order valence-corrected chi connectivity index (χ0v) is 34.9. The van der Waals surface area contributed by atoms with Crippen LogP contribution in [0.1, 0.15) is 83.5 Å². The number of furan rings is 1. The zero-order chi connectivity index (χ0) is 42.3. The molecular weight excluding hydrogens is 803 g/mol. The molecule has 5 aliphatic rings. The molecule has 322 valence electrons. The summed E-state index contributed by atoms with van der Waals surface area (Å²) in [4.78, 5) is 63.0. The fourth-order valence-corrected chi connectivity index (χ4v) is 10.5. The summed E-state index contributed by atoms with van der Waals surface area (Å²) in [5.74, 6) is -1.41. The van der Waals surface area contributed by atoms with Crippen LogP contribution in [0.4, 0.5) is 4.79 Å². The van der Waals surface area contributed by atoms with Gasteiger partial charge in [-0.1, -0.05) is 49.3 Å². The molecule has 3 N–H and O–H groups in total. The lowest BCUT2D eigenvalue weighted by Crippen LogP contribution is -2.58. The predicted octanol–water partition coefficient (Wildman–Crippen LogP) is 6.05. The van der Waals surface area contributed by atoms with Gasteiger partial charge >= 0.3 is 6.09 Å². The highest BCUT2D eigenvalue weighted by atomic mass is 32.2. The molecule has 61 heavy (non-hydrogen) atoms. The van der Waals surface area contributed by atoms with E-state index in [-0.39, 0.29) is 25.5 Å². The van der Waals surface area contributed by atoms with Crippen molar-refractivity contribution in [1.82, 2.24) is 25.2 Å². The van der Waals surface area contributed by atoms with Crippen molar-refractivity contribution in [2.75, 3.05) is 13.7 Å². The van der Waals surface area contributed by atoms with E-state index in [0.29, 0.717) is 66.0 Å². The first-order chi connectivity index (χ1) is 29.5. The number of nitrogens with zero attached hydrogens (tertiary/aromatic N) is 2. The van der Waals surface area contributed by atoms with E-state index >= 15 is 0 Å². The molecule has 3 aliphatic carbocycles. The summed E-state index contributed by atoms with van der Waals surface area (Å²) in [6, 6.07) is 14.6. The van der Waals surface area contributed by atoms with Crippen molar-refractivity contribution in [1.29, 1.82) is 0 Å². The number of methoxy groups -OCH3 is 1. The van der Waals surface area contributed by atoms with E-state index in [4.69, 9.17) is 23.6 Å². The van der Waals surface area contributed by atoms with Gasteiger partial charge in [-0.15, -0.1) is 0 Å². The van der Waals surface area contributed by atoms with Gasteiger partial charge in [0.15, 0.2) is 11.3 Å². The van der Waals surface area contributed by atoms with Crippen LogP contribution in [0.2, 0.25) is 0 Å². The second kappa shape index (κ2) is 16.7. The summed E-state index contributed by atoms with van der Waals surface area (Å²) in [6.07, 6.45) is 9.96. The minimum absolute atomic E-state index is 0.0173. The number of amides is 4. The number of aromatic nitrogens is 1. The van der Waals surface area contributed by atoms with E-state index in [0.717, 1.165) is 49.5 Å². The number of benzene rings is 2. The smallest absolute Gasteiger partial charge is 0.408 e. The molecule has 4 amide bonds. The third-order valence-corrected chi connectivity index (χ3v) is 14.5. The molecule has 0 radical (unpaired) electrons. The quantitative estimate of drug-likeness (QED) is 0.166. The van der Waals surface area contributed by atoms with Crippen LogP contribution in [-0.2, 0) is 29.1 Å². The summed E-state index contributed by atoms with van der Waals surface area (Å²) in [5, 5.41) is 5.88. The molecule has 4 aromatic rings. The third-order valence-electron chi connectivity index (χ3n) is 12.7. The predicted molar refractivity (Wildman–Crippen MR) is 225 cm³/mol. The Balaban J connectivity index is 1.06. The van der Waals surface area contributed by atoms with Crippen molar-refractivity contribution in [3.8, 4) is 22.8 Å². The van der Waals surface area contributed by atoms with Crippen LogP contribution in [0, 0.1) is 5.92 Å². The van der Waals surface area contributed by atoms with Crippen molar-refractivity contribution in [2.24, 2.45) is 5.92 Å². The summed E-state index contributed by atoms with van der Waals surface area (Å²) < 4.78 is 52.7. The number of ether oxygens (including phenoxy) is 3. The Morgan fingerprint density at radius 2 is 1.70 bits per heavy atom. The average Bonchev–Trinajstić information content (AvgIpc) is 4.06. The van der Waals surface area contributed by atoms with Gasteiger partial charge in [0, 0.05) is 29.4 Å². The normalized spacial score (nSPS) is 26.7. The van der Waals surface area contributed by atoms with E-state index < -0.39 is 68.7 Å². The Kier molecular flexibility index (Phi) is 11.1. The highest BCUT2D eigenvalue weighted by Crippen LogP contribution is 2.46. The van der Waals surface area contributed by atoms with Crippen molar-refractivity contribution < 1.29 is 46.2 Å². The molecule has 9 rings (SSSR count). The zero-order valence-electron chi connectivity index (χ0n) is 34.1. The Bertz CT molecular complexity index is 2490. The molecule has 15 nitrogen and oxygen atoms in total. The lowest BCUT2D eigenvalue weighted by molar-refractivity contribution is -0.141. The maximum absolute atomic E-state index is 14.8. The van der Waals surface area contributed by atoms with Gasteiger partial charge in [0.25, 0.3) is 5.91 Å². The average molecular weight is 854 g/mol. The summed E-state index contributed by atoms with van der Waals surface area (Å²) in [6.45, 7) is -0.0423. The van der Waals surface area contributed by atoms with Crippen LogP contribution in [0.3, 0.4) is 0 Å². The van der Waals surface area contributed by atoms with Crippen molar-refractivity contribution in [3.63, 3.8) is 0 Å². The number of rotatable bonds is 9. The number of allylic oxidation sites excluding steroid dienone is 1. The van der Waals surface area contributed by atoms with Crippen LogP contribution in [0.15, 0.2) is 71.2 Å². The van der Waals surface area contributed by atoms with Crippen LogP contribution in [0.25, 0.3) is 33.3 Å². The Hall–Kier alpha value is -5.64. The largest absolute Gasteiger partial charge is 0.496 e. The summed E-state index contributed by atoms with van der Waals surface area (Å²) in [7, 11) is -2.33. The number of alkyl carbamates (subject to hydrolysis) is 1. The molecule has 16 heteroatoms. The molecule has 2 aliphatic heterocycles. The second-order valence-corrected chi connectivity index (χ2v) is 18.9. The number of hydrogen-bond acceptors (Lipinski definition) is 11. The minimum Gasteiger partial charge on any atom is -0.496 e. The standard InChI is InChI=1S/C45H51N5O10S/c1-57-36-19-11-9-16-31(36)34-24-38(40-39(46-34)32-17-10-12-20-37(32)60-40)58-29-23-35-41(51)48-45(43(53)49-61(55,56)30-21-22-30)25-27(45)13-5-3-2-4-6-18-33(42(52)50(35)26-29)47-44(54)59-28-14-7-8-15-28/h5,9-13,16-17,19-20,24,27-30,33,35H,2-4,6-8,14-15,18,21-23,25-26H2,1H3,(H,47,54)(H,48,51)(H,49,53)/b13-5-/t27-,29-,33+,35+,45-/m1/s1. The molecule has 5 atom stereocenters. The van der Waals surface area contributed by atoms with Crippen LogP contribution in [0.5, 0.6) is 11.5 Å².